The molecule has 5 heterocycles. The number of rotatable bonds is 3. The molecule has 0 N–H and O–H groups in total. The molecule has 0 radical (unpaired) electrons. The lowest BCUT2D eigenvalue weighted by molar-refractivity contribution is -0.0393. The Morgan fingerprint density at radius 2 is 1.97 bits per heavy atom. The van der Waals surface area contributed by atoms with Gasteiger partial charge in [0.15, 0.2) is 0 Å². The van der Waals surface area contributed by atoms with Gasteiger partial charge in [-0.3, -0.25) is 4.98 Å². The van der Waals surface area contributed by atoms with Crippen LogP contribution >= 0.6 is 15.9 Å². The van der Waals surface area contributed by atoms with Gasteiger partial charge in [0.05, 0.1) is 28.1 Å². The van der Waals surface area contributed by atoms with Crippen molar-refractivity contribution >= 4 is 27.0 Å². The number of hydrogen-bond donors (Lipinski definition) is 0. The molecule has 0 bridgehead atoms. The third kappa shape index (κ3) is 3.61. The molecule has 1 saturated heterocycles. The van der Waals surface area contributed by atoms with Crippen molar-refractivity contribution in [2.75, 3.05) is 6.61 Å². The summed E-state index contributed by atoms with van der Waals surface area (Å²) in [6, 6.07) is 8.87. The number of fused-ring (bicyclic) bond motifs is 1. The number of ether oxygens (including phenoxy) is 1. The molecule has 0 aliphatic carbocycles. The number of nitrogens with zero attached hydrogens (tertiary/aromatic N) is 5. The van der Waals surface area contributed by atoms with Crippen molar-refractivity contribution in [1.29, 1.82) is 0 Å². The summed E-state index contributed by atoms with van der Waals surface area (Å²) in [7, 11) is 0. The summed E-state index contributed by atoms with van der Waals surface area (Å²) in [4.78, 5) is 13.6. The highest BCUT2D eigenvalue weighted by Crippen LogP contribution is 2.33. The van der Waals surface area contributed by atoms with Crippen LogP contribution in [0.5, 0.6) is 0 Å². The molecule has 152 valence electrons. The minimum Gasteiger partial charge on any atom is -0.357 e. The number of pyridine rings is 3. The Morgan fingerprint density at radius 3 is 2.77 bits per heavy atom. The molecule has 1 aliphatic heterocycles. The quantitative estimate of drug-likeness (QED) is 0.399. The summed E-state index contributed by atoms with van der Waals surface area (Å²) >= 11 is 3.45. The first kappa shape index (κ1) is 19.3. The maximum absolute atomic E-state index is 13.8. The van der Waals surface area contributed by atoms with E-state index in [2.05, 4.69) is 25.9 Å². The zero-order chi connectivity index (χ0) is 20.7. The second-order valence-electron chi connectivity index (χ2n) is 7.34. The first-order valence-corrected chi connectivity index (χ1v) is 10.6. The molecule has 5 rings (SSSR count). The smallest absolute Gasteiger partial charge is 0.150 e. The van der Waals surface area contributed by atoms with Gasteiger partial charge in [0.25, 0.3) is 0 Å². The standard InChI is InChI=1S/C22H19BrFN5O/c1-13-16(24)5-6-19(26-13)22-15(12-29(28-22)21-4-2-3-9-30-21)17-7-8-18-20(27-17)10-14(23)11-25-18/h5-8,10-12,21H,2-4,9H2,1H3. The van der Waals surface area contributed by atoms with Gasteiger partial charge in [0.2, 0.25) is 0 Å². The van der Waals surface area contributed by atoms with Gasteiger partial charge in [-0.15, -0.1) is 0 Å². The topological polar surface area (TPSA) is 65.7 Å². The summed E-state index contributed by atoms with van der Waals surface area (Å²) in [5, 5.41) is 4.79. The van der Waals surface area contributed by atoms with E-state index in [1.54, 1.807) is 19.2 Å². The predicted octanol–water partition coefficient (Wildman–Crippen LogP) is 5.46. The van der Waals surface area contributed by atoms with E-state index in [1.807, 2.05) is 29.1 Å². The molecule has 1 fully saturated rings. The van der Waals surface area contributed by atoms with Crippen LogP contribution < -0.4 is 0 Å². The van der Waals surface area contributed by atoms with Crippen molar-refractivity contribution in [2.45, 2.75) is 32.4 Å². The normalized spacial score (nSPS) is 16.8. The lowest BCUT2D eigenvalue weighted by Crippen LogP contribution is -2.18. The van der Waals surface area contributed by atoms with E-state index < -0.39 is 0 Å². The lowest BCUT2D eigenvalue weighted by atomic mass is 10.1. The average Bonchev–Trinajstić information content (AvgIpc) is 3.21. The van der Waals surface area contributed by atoms with Crippen molar-refractivity contribution in [3.8, 4) is 22.6 Å². The van der Waals surface area contributed by atoms with E-state index >= 15 is 0 Å². The van der Waals surface area contributed by atoms with E-state index in [4.69, 9.17) is 14.8 Å². The average molecular weight is 468 g/mol. The van der Waals surface area contributed by atoms with Crippen molar-refractivity contribution in [1.82, 2.24) is 24.7 Å². The van der Waals surface area contributed by atoms with Crippen LogP contribution in [0.4, 0.5) is 4.39 Å². The molecule has 0 aromatic carbocycles. The molecule has 1 unspecified atom stereocenters. The first-order valence-electron chi connectivity index (χ1n) is 9.85. The van der Waals surface area contributed by atoms with Gasteiger partial charge in [0.1, 0.15) is 17.7 Å². The van der Waals surface area contributed by atoms with Crippen molar-refractivity contribution in [2.24, 2.45) is 0 Å². The monoisotopic (exact) mass is 467 g/mol. The van der Waals surface area contributed by atoms with Crippen LogP contribution in [0, 0.1) is 12.7 Å². The fourth-order valence-corrected chi connectivity index (χ4v) is 3.98. The second kappa shape index (κ2) is 7.85. The Morgan fingerprint density at radius 1 is 1.10 bits per heavy atom. The van der Waals surface area contributed by atoms with Crippen molar-refractivity contribution in [3.05, 3.63) is 58.7 Å². The summed E-state index contributed by atoms with van der Waals surface area (Å²) in [5.41, 5.74) is 4.75. The maximum Gasteiger partial charge on any atom is 0.150 e. The van der Waals surface area contributed by atoms with Crippen LogP contribution in [0.25, 0.3) is 33.7 Å². The number of aromatic nitrogens is 5. The lowest BCUT2D eigenvalue weighted by Gasteiger charge is -2.22. The molecular weight excluding hydrogens is 449 g/mol. The number of aryl methyl sites for hydroxylation is 1. The Kier molecular flexibility index (Phi) is 5.04. The minimum atomic E-state index is -0.338. The van der Waals surface area contributed by atoms with Gasteiger partial charge in [-0.2, -0.15) is 5.10 Å². The molecule has 6 nitrogen and oxygen atoms in total. The molecule has 0 saturated carbocycles. The Labute approximate surface area is 181 Å². The molecule has 1 atom stereocenters. The Bertz CT molecular complexity index is 1240. The van der Waals surface area contributed by atoms with E-state index in [-0.39, 0.29) is 12.0 Å². The summed E-state index contributed by atoms with van der Waals surface area (Å²) in [5.74, 6) is -0.338. The molecule has 4 aromatic rings. The largest absolute Gasteiger partial charge is 0.357 e. The van der Waals surface area contributed by atoms with Crippen LogP contribution in [-0.4, -0.2) is 31.3 Å². The van der Waals surface area contributed by atoms with E-state index in [9.17, 15) is 4.39 Å². The van der Waals surface area contributed by atoms with Gasteiger partial charge in [-0.1, -0.05) is 0 Å². The van der Waals surface area contributed by atoms with Crippen molar-refractivity contribution < 1.29 is 9.13 Å². The van der Waals surface area contributed by atoms with Gasteiger partial charge in [0, 0.05) is 29.0 Å². The SMILES string of the molecule is Cc1nc(-c2nn(C3CCCCO3)cc2-c2ccc3ncc(Br)cc3n2)ccc1F. The molecule has 0 spiro atoms. The van der Waals surface area contributed by atoms with Crippen molar-refractivity contribution in [3.63, 3.8) is 0 Å². The zero-order valence-electron chi connectivity index (χ0n) is 16.3. The van der Waals surface area contributed by atoms with Gasteiger partial charge in [-0.25, -0.2) is 19.0 Å². The van der Waals surface area contributed by atoms with E-state index in [1.165, 1.54) is 6.07 Å². The Balaban J connectivity index is 1.67. The molecule has 1 aliphatic rings. The number of hydrogen-bond acceptors (Lipinski definition) is 5. The Hall–Kier alpha value is -2.71. The number of halogens is 2. The highest BCUT2D eigenvalue weighted by atomic mass is 79.9. The maximum atomic E-state index is 13.8. The van der Waals surface area contributed by atoms with E-state index in [0.29, 0.717) is 17.1 Å². The molecule has 0 amide bonds. The van der Waals surface area contributed by atoms with Crippen LogP contribution in [0.15, 0.2) is 47.2 Å². The molecular formula is C22H19BrFN5O. The van der Waals surface area contributed by atoms with Gasteiger partial charge in [-0.05, 0) is 72.4 Å². The molecule has 4 aromatic heterocycles. The fourth-order valence-electron chi connectivity index (χ4n) is 3.66. The van der Waals surface area contributed by atoms with Crippen LogP contribution in [0.2, 0.25) is 0 Å². The third-order valence-corrected chi connectivity index (χ3v) is 5.66. The zero-order valence-corrected chi connectivity index (χ0v) is 17.9. The summed E-state index contributed by atoms with van der Waals surface area (Å²) in [6.07, 6.45) is 6.63. The first-order chi connectivity index (χ1) is 14.6. The van der Waals surface area contributed by atoms with Crippen LogP contribution in [0.3, 0.4) is 0 Å². The van der Waals surface area contributed by atoms with Gasteiger partial charge < -0.3 is 4.74 Å². The predicted molar refractivity (Wildman–Crippen MR) is 115 cm³/mol. The molecule has 8 heteroatoms. The third-order valence-electron chi connectivity index (χ3n) is 5.23. The van der Waals surface area contributed by atoms with Gasteiger partial charge >= 0.3 is 0 Å². The van der Waals surface area contributed by atoms with E-state index in [0.717, 1.165) is 52.6 Å². The summed E-state index contributed by atoms with van der Waals surface area (Å²) in [6.45, 7) is 2.37. The highest BCUT2D eigenvalue weighted by Gasteiger charge is 2.22. The van der Waals surface area contributed by atoms with Crippen LogP contribution in [-0.2, 0) is 4.74 Å². The van der Waals surface area contributed by atoms with Crippen LogP contribution in [0.1, 0.15) is 31.2 Å². The minimum absolute atomic E-state index is 0.121. The summed E-state index contributed by atoms with van der Waals surface area (Å²) < 4.78 is 22.4. The molecule has 30 heavy (non-hydrogen) atoms. The second-order valence-corrected chi connectivity index (χ2v) is 8.26. The highest BCUT2D eigenvalue weighted by molar-refractivity contribution is 9.10. The fraction of sp³-hybridized carbons (Fsp3) is 0.273.